The molecule has 0 bridgehead atoms. The minimum Gasteiger partial charge on any atom is -0.281 e. The van der Waals surface area contributed by atoms with Crippen molar-refractivity contribution in [2.75, 3.05) is 0 Å². The zero-order chi connectivity index (χ0) is 10.9. The van der Waals surface area contributed by atoms with E-state index in [0.29, 0.717) is 0 Å². The molecule has 15 heavy (non-hydrogen) atoms. The van der Waals surface area contributed by atoms with Crippen molar-refractivity contribution in [1.82, 2.24) is 0 Å². The predicted molar refractivity (Wildman–Crippen MR) is 62.1 cm³/mol. The number of hydrogen-bond acceptors (Lipinski definition) is 1. The molecular formula is C13H15ClO. The molecule has 0 amide bonds. The van der Waals surface area contributed by atoms with Crippen molar-refractivity contribution in [3.05, 3.63) is 35.4 Å². The highest BCUT2D eigenvalue weighted by atomic mass is 35.5. The van der Waals surface area contributed by atoms with Gasteiger partial charge in [-0.1, -0.05) is 31.2 Å². The van der Waals surface area contributed by atoms with Gasteiger partial charge in [0.2, 0.25) is 5.24 Å². The molecule has 0 heterocycles. The van der Waals surface area contributed by atoms with E-state index in [0.717, 1.165) is 25.7 Å². The minimum absolute atomic E-state index is 0.167. The van der Waals surface area contributed by atoms with Gasteiger partial charge in [0, 0.05) is 5.41 Å². The maximum atomic E-state index is 11.5. The van der Waals surface area contributed by atoms with Gasteiger partial charge in [-0.15, -0.1) is 0 Å². The van der Waals surface area contributed by atoms with Gasteiger partial charge in [-0.2, -0.15) is 0 Å². The summed E-state index contributed by atoms with van der Waals surface area (Å²) in [6, 6.07) is 8.34. The predicted octanol–water partition coefficient (Wildman–Crippen LogP) is 3.34. The number of hydrogen-bond donors (Lipinski definition) is 0. The highest BCUT2D eigenvalue weighted by molar-refractivity contribution is 6.64. The Kier molecular flexibility index (Phi) is 2.83. The van der Waals surface area contributed by atoms with Crippen molar-refractivity contribution in [2.45, 2.75) is 32.6 Å². The molecule has 2 heteroatoms. The zero-order valence-electron chi connectivity index (χ0n) is 8.92. The Hall–Kier alpha value is -0.820. The minimum atomic E-state index is -0.310. The normalized spacial score (nSPS) is 24.7. The first-order chi connectivity index (χ1) is 7.18. The second-order valence-corrected chi connectivity index (χ2v) is 4.70. The molecule has 1 atom stereocenters. The van der Waals surface area contributed by atoms with E-state index in [1.54, 1.807) is 0 Å². The van der Waals surface area contributed by atoms with Crippen molar-refractivity contribution >= 4 is 16.8 Å². The number of fused-ring (bicyclic) bond motifs is 1. The average molecular weight is 223 g/mol. The summed E-state index contributed by atoms with van der Waals surface area (Å²) in [5.41, 5.74) is 2.36. The fourth-order valence-electron chi connectivity index (χ4n) is 2.41. The van der Waals surface area contributed by atoms with E-state index in [-0.39, 0.29) is 10.7 Å². The fourth-order valence-corrected chi connectivity index (χ4v) is 2.70. The van der Waals surface area contributed by atoms with Crippen LogP contribution in [0.2, 0.25) is 0 Å². The number of rotatable bonds is 2. The Labute approximate surface area is 95.4 Å². The monoisotopic (exact) mass is 222 g/mol. The molecule has 0 spiro atoms. The summed E-state index contributed by atoms with van der Waals surface area (Å²) < 4.78 is 0. The van der Waals surface area contributed by atoms with Gasteiger partial charge in [-0.3, -0.25) is 4.79 Å². The first kappa shape index (κ1) is 10.7. The maximum absolute atomic E-state index is 11.5. The van der Waals surface area contributed by atoms with Crippen LogP contribution in [0.25, 0.3) is 0 Å². The summed E-state index contributed by atoms with van der Waals surface area (Å²) in [5, 5.41) is -0.167. The van der Waals surface area contributed by atoms with Crippen molar-refractivity contribution in [3.8, 4) is 0 Å². The Morgan fingerprint density at radius 2 is 2.07 bits per heavy atom. The number of halogens is 1. The summed E-state index contributed by atoms with van der Waals surface area (Å²) in [5.74, 6) is 0. The van der Waals surface area contributed by atoms with E-state index in [9.17, 15) is 4.79 Å². The van der Waals surface area contributed by atoms with Crippen molar-refractivity contribution in [3.63, 3.8) is 0 Å². The second-order valence-electron chi connectivity index (χ2n) is 4.35. The fraction of sp³-hybridized carbons (Fsp3) is 0.462. The summed E-state index contributed by atoms with van der Waals surface area (Å²) >= 11 is 5.74. The summed E-state index contributed by atoms with van der Waals surface area (Å²) in [4.78, 5) is 11.5. The Morgan fingerprint density at radius 1 is 1.40 bits per heavy atom. The van der Waals surface area contributed by atoms with Gasteiger partial charge in [0.1, 0.15) is 0 Å². The maximum Gasteiger partial charge on any atom is 0.228 e. The molecule has 0 saturated heterocycles. The lowest BCUT2D eigenvalue weighted by Gasteiger charge is -2.34. The molecule has 0 saturated carbocycles. The quantitative estimate of drug-likeness (QED) is 0.702. The molecule has 1 aromatic carbocycles. The molecule has 0 radical (unpaired) electrons. The molecule has 80 valence electrons. The zero-order valence-corrected chi connectivity index (χ0v) is 9.68. The van der Waals surface area contributed by atoms with E-state index >= 15 is 0 Å². The molecule has 0 fully saturated rings. The molecule has 0 N–H and O–H groups in total. The molecule has 2 rings (SSSR count). The van der Waals surface area contributed by atoms with Gasteiger partial charge in [0.25, 0.3) is 0 Å². The summed E-state index contributed by atoms with van der Waals surface area (Å²) in [6.07, 6.45) is 3.51. The number of benzene rings is 1. The SMILES string of the molecule is CCC1(C(=O)Cl)CCc2ccccc2C1. The molecular weight excluding hydrogens is 208 g/mol. The first-order valence-corrected chi connectivity index (χ1v) is 5.82. The van der Waals surface area contributed by atoms with Crippen molar-refractivity contribution in [1.29, 1.82) is 0 Å². The first-order valence-electron chi connectivity index (χ1n) is 5.45. The average Bonchev–Trinajstić information content (AvgIpc) is 2.28. The molecule has 1 unspecified atom stereocenters. The number of carbonyl (C=O) groups is 1. The Balaban J connectivity index is 2.35. The van der Waals surface area contributed by atoms with Crippen LogP contribution < -0.4 is 0 Å². The molecule has 0 aromatic heterocycles. The second kappa shape index (κ2) is 3.97. The van der Waals surface area contributed by atoms with E-state index in [2.05, 4.69) is 18.2 Å². The van der Waals surface area contributed by atoms with E-state index in [4.69, 9.17) is 11.6 Å². The lowest BCUT2D eigenvalue weighted by molar-refractivity contribution is -0.121. The van der Waals surface area contributed by atoms with Crippen LogP contribution in [-0.2, 0) is 17.6 Å². The van der Waals surface area contributed by atoms with Gasteiger partial charge in [-0.05, 0) is 48.4 Å². The van der Waals surface area contributed by atoms with Crippen LogP contribution in [0.5, 0.6) is 0 Å². The van der Waals surface area contributed by atoms with Crippen LogP contribution in [0.3, 0.4) is 0 Å². The molecule has 1 aromatic rings. The van der Waals surface area contributed by atoms with Gasteiger partial charge in [0.05, 0.1) is 0 Å². The van der Waals surface area contributed by atoms with E-state index in [1.165, 1.54) is 11.1 Å². The van der Waals surface area contributed by atoms with Crippen LogP contribution in [0.15, 0.2) is 24.3 Å². The third kappa shape index (κ3) is 1.81. The smallest absolute Gasteiger partial charge is 0.228 e. The van der Waals surface area contributed by atoms with Gasteiger partial charge in [0.15, 0.2) is 0 Å². The molecule has 1 nitrogen and oxygen atoms in total. The van der Waals surface area contributed by atoms with Crippen LogP contribution in [0, 0.1) is 5.41 Å². The van der Waals surface area contributed by atoms with Crippen LogP contribution >= 0.6 is 11.6 Å². The standard InChI is InChI=1S/C13H15ClO/c1-2-13(12(14)15)8-7-10-5-3-4-6-11(10)9-13/h3-6H,2,7-9H2,1H3. The van der Waals surface area contributed by atoms with Crippen molar-refractivity contribution in [2.24, 2.45) is 5.41 Å². The largest absolute Gasteiger partial charge is 0.281 e. The van der Waals surface area contributed by atoms with Gasteiger partial charge < -0.3 is 0 Å². The summed E-state index contributed by atoms with van der Waals surface area (Å²) in [7, 11) is 0. The Bertz CT molecular complexity index is 386. The van der Waals surface area contributed by atoms with Crippen LogP contribution in [0.4, 0.5) is 0 Å². The molecule has 1 aliphatic carbocycles. The van der Waals surface area contributed by atoms with Gasteiger partial charge in [-0.25, -0.2) is 0 Å². The van der Waals surface area contributed by atoms with Crippen LogP contribution in [-0.4, -0.2) is 5.24 Å². The topological polar surface area (TPSA) is 17.1 Å². The third-order valence-electron chi connectivity index (χ3n) is 3.61. The lowest BCUT2D eigenvalue weighted by atomic mass is 9.71. The van der Waals surface area contributed by atoms with Crippen molar-refractivity contribution < 1.29 is 4.79 Å². The van der Waals surface area contributed by atoms with E-state index < -0.39 is 0 Å². The molecule has 1 aliphatic rings. The third-order valence-corrected chi connectivity index (χ3v) is 4.01. The summed E-state index contributed by atoms with van der Waals surface area (Å²) in [6.45, 7) is 2.05. The number of aryl methyl sites for hydroxylation is 1. The number of carbonyl (C=O) groups excluding carboxylic acids is 1. The Morgan fingerprint density at radius 3 is 2.67 bits per heavy atom. The van der Waals surface area contributed by atoms with E-state index in [1.807, 2.05) is 13.0 Å². The van der Waals surface area contributed by atoms with Crippen LogP contribution in [0.1, 0.15) is 30.9 Å². The van der Waals surface area contributed by atoms with Gasteiger partial charge >= 0.3 is 0 Å². The molecule has 0 aliphatic heterocycles. The lowest BCUT2D eigenvalue weighted by Crippen LogP contribution is -2.33. The highest BCUT2D eigenvalue weighted by Gasteiger charge is 2.38. The highest BCUT2D eigenvalue weighted by Crippen LogP contribution is 2.39.